The molecule has 1 heterocycles. The van der Waals surface area contributed by atoms with Gasteiger partial charge in [0.05, 0.1) is 23.7 Å². The molecule has 0 aromatic carbocycles. The molecule has 1 unspecified atom stereocenters. The first kappa shape index (κ1) is 13.9. The monoisotopic (exact) mass is 250 g/mol. The molecule has 1 saturated heterocycles. The number of hydrogen-bond donors (Lipinski definition) is 1. The number of aliphatic hydroxyl groups excluding tert-OH is 1. The van der Waals surface area contributed by atoms with Crippen LogP contribution in [-0.2, 0) is 14.6 Å². The van der Waals surface area contributed by atoms with Crippen LogP contribution in [0.25, 0.3) is 0 Å². The van der Waals surface area contributed by atoms with Crippen molar-refractivity contribution in [2.24, 2.45) is 5.41 Å². The quantitative estimate of drug-likeness (QED) is 0.808. The molecule has 16 heavy (non-hydrogen) atoms. The van der Waals surface area contributed by atoms with E-state index < -0.39 is 14.6 Å². The standard InChI is InChI=1S/C11H22O4S/c1-10(2,3)16(13,14)7-5-11(8-12)4-6-15-9-11/h12H,4-9H2,1-3H3. The SMILES string of the molecule is CC(C)(C)S(=O)(=O)CCC1(CO)CCOC1. The summed E-state index contributed by atoms with van der Waals surface area (Å²) in [5.74, 6) is 0.125. The molecule has 0 amide bonds. The molecule has 1 aliphatic rings. The van der Waals surface area contributed by atoms with E-state index >= 15 is 0 Å². The molecule has 1 aliphatic heterocycles. The minimum absolute atomic E-state index is 0.00661. The highest BCUT2D eigenvalue weighted by atomic mass is 32.2. The van der Waals surface area contributed by atoms with E-state index in [4.69, 9.17) is 4.74 Å². The topological polar surface area (TPSA) is 63.6 Å². The molecule has 1 atom stereocenters. The van der Waals surface area contributed by atoms with Gasteiger partial charge in [0.1, 0.15) is 0 Å². The molecule has 0 aliphatic carbocycles. The van der Waals surface area contributed by atoms with E-state index in [0.717, 1.165) is 6.42 Å². The van der Waals surface area contributed by atoms with Crippen molar-refractivity contribution >= 4 is 9.84 Å². The van der Waals surface area contributed by atoms with Crippen molar-refractivity contribution in [3.8, 4) is 0 Å². The Hall–Kier alpha value is -0.130. The lowest BCUT2D eigenvalue weighted by atomic mass is 9.86. The van der Waals surface area contributed by atoms with Gasteiger partial charge in [-0.1, -0.05) is 0 Å². The maximum atomic E-state index is 11.9. The zero-order valence-corrected chi connectivity index (χ0v) is 11.1. The number of rotatable bonds is 4. The van der Waals surface area contributed by atoms with Gasteiger partial charge in [-0.25, -0.2) is 8.42 Å². The van der Waals surface area contributed by atoms with Crippen molar-refractivity contribution in [1.82, 2.24) is 0 Å². The normalized spacial score (nSPS) is 27.2. The number of hydrogen-bond acceptors (Lipinski definition) is 4. The summed E-state index contributed by atoms with van der Waals surface area (Å²) < 4.78 is 28.4. The first-order valence-electron chi connectivity index (χ1n) is 5.63. The third-order valence-electron chi connectivity index (χ3n) is 3.35. The van der Waals surface area contributed by atoms with Gasteiger partial charge in [-0.3, -0.25) is 0 Å². The summed E-state index contributed by atoms with van der Waals surface area (Å²) >= 11 is 0. The van der Waals surface area contributed by atoms with E-state index in [2.05, 4.69) is 0 Å². The summed E-state index contributed by atoms with van der Waals surface area (Å²) in [6, 6.07) is 0. The largest absolute Gasteiger partial charge is 0.396 e. The van der Waals surface area contributed by atoms with Crippen LogP contribution in [0.4, 0.5) is 0 Å². The van der Waals surface area contributed by atoms with E-state index in [1.165, 1.54) is 0 Å². The molecular formula is C11H22O4S. The van der Waals surface area contributed by atoms with Crippen molar-refractivity contribution in [2.45, 2.75) is 38.4 Å². The van der Waals surface area contributed by atoms with Crippen molar-refractivity contribution in [1.29, 1.82) is 0 Å². The first-order valence-corrected chi connectivity index (χ1v) is 7.29. The predicted molar refractivity (Wildman–Crippen MR) is 63.1 cm³/mol. The third-order valence-corrected chi connectivity index (χ3v) is 5.96. The average molecular weight is 250 g/mol. The Kier molecular flexibility index (Phi) is 4.03. The van der Waals surface area contributed by atoms with Gasteiger partial charge in [0.15, 0.2) is 9.84 Å². The van der Waals surface area contributed by atoms with Crippen LogP contribution in [0.2, 0.25) is 0 Å². The second kappa shape index (κ2) is 4.63. The van der Waals surface area contributed by atoms with Crippen LogP contribution < -0.4 is 0 Å². The lowest BCUT2D eigenvalue weighted by molar-refractivity contribution is 0.0909. The molecule has 5 heteroatoms. The molecule has 4 nitrogen and oxygen atoms in total. The van der Waals surface area contributed by atoms with Crippen LogP contribution in [0.15, 0.2) is 0 Å². The molecule has 1 N–H and O–H groups in total. The van der Waals surface area contributed by atoms with Crippen LogP contribution in [0.3, 0.4) is 0 Å². The maximum absolute atomic E-state index is 11.9. The van der Waals surface area contributed by atoms with Gasteiger partial charge in [0, 0.05) is 12.0 Å². The van der Waals surface area contributed by atoms with Gasteiger partial charge < -0.3 is 9.84 Å². The zero-order chi connectivity index (χ0) is 12.4. The molecule has 0 saturated carbocycles. The van der Waals surface area contributed by atoms with Crippen molar-refractivity contribution in [3.63, 3.8) is 0 Å². The van der Waals surface area contributed by atoms with Crippen LogP contribution >= 0.6 is 0 Å². The number of aliphatic hydroxyl groups is 1. The Morgan fingerprint density at radius 2 is 2.00 bits per heavy atom. The Morgan fingerprint density at radius 1 is 1.38 bits per heavy atom. The Morgan fingerprint density at radius 3 is 2.38 bits per heavy atom. The maximum Gasteiger partial charge on any atom is 0.155 e. The summed E-state index contributed by atoms with van der Waals surface area (Å²) in [5.41, 5.74) is -0.335. The van der Waals surface area contributed by atoms with Crippen molar-refractivity contribution in [2.75, 3.05) is 25.6 Å². The van der Waals surface area contributed by atoms with Crippen molar-refractivity contribution in [3.05, 3.63) is 0 Å². The minimum atomic E-state index is -3.10. The summed E-state index contributed by atoms with van der Waals surface area (Å²) in [7, 11) is -3.10. The van der Waals surface area contributed by atoms with E-state index in [1.807, 2.05) is 0 Å². The fourth-order valence-electron chi connectivity index (χ4n) is 1.71. The van der Waals surface area contributed by atoms with Crippen LogP contribution in [0.1, 0.15) is 33.6 Å². The summed E-state index contributed by atoms with van der Waals surface area (Å²) in [4.78, 5) is 0. The highest BCUT2D eigenvalue weighted by molar-refractivity contribution is 7.92. The molecule has 0 aromatic rings. The summed E-state index contributed by atoms with van der Waals surface area (Å²) in [6.07, 6.45) is 1.24. The van der Waals surface area contributed by atoms with Gasteiger partial charge >= 0.3 is 0 Å². The van der Waals surface area contributed by atoms with Crippen LogP contribution in [-0.4, -0.2) is 43.8 Å². The number of sulfone groups is 1. The Labute approximate surface area is 97.9 Å². The molecule has 0 radical (unpaired) electrons. The Bertz CT molecular complexity index is 320. The van der Waals surface area contributed by atoms with Gasteiger partial charge in [-0.2, -0.15) is 0 Å². The molecule has 1 rings (SSSR count). The predicted octanol–water partition coefficient (Wildman–Crippen LogP) is 0.989. The highest BCUT2D eigenvalue weighted by Gasteiger charge is 2.37. The van der Waals surface area contributed by atoms with Crippen molar-refractivity contribution < 1.29 is 18.3 Å². The average Bonchev–Trinajstić information content (AvgIpc) is 2.62. The molecule has 96 valence electrons. The van der Waals surface area contributed by atoms with Gasteiger partial charge in [-0.05, 0) is 33.6 Å². The van der Waals surface area contributed by atoms with E-state index in [0.29, 0.717) is 19.6 Å². The van der Waals surface area contributed by atoms with Gasteiger partial charge in [-0.15, -0.1) is 0 Å². The Balaban J connectivity index is 2.64. The van der Waals surface area contributed by atoms with E-state index in [-0.39, 0.29) is 17.8 Å². The fourth-order valence-corrected chi connectivity index (χ4v) is 3.02. The first-order chi connectivity index (χ1) is 7.22. The van der Waals surface area contributed by atoms with Gasteiger partial charge in [0.25, 0.3) is 0 Å². The minimum Gasteiger partial charge on any atom is -0.396 e. The van der Waals surface area contributed by atoms with Crippen LogP contribution in [0, 0.1) is 5.41 Å². The smallest absolute Gasteiger partial charge is 0.155 e. The summed E-state index contributed by atoms with van der Waals surface area (Å²) in [5, 5.41) is 9.34. The number of ether oxygens (including phenoxy) is 1. The fraction of sp³-hybridized carbons (Fsp3) is 1.00. The second-order valence-corrected chi connectivity index (χ2v) is 8.50. The zero-order valence-electron chi connectivity index (χ0n) is 10.3. The van der Waals surface area contributed by atoms with Crippen LogP contribution in [0.5, 0.6) is 0 Å². The molecule has 0 bridgehead atoms. The molecule has 0 aromatic heterocycles. The molecule has 0 spiro atoms. The van der Waals surface area contributed by atoms with Gasteiger partial charge in [0.2, 0.25) is 0 Å². The van der Waals surface area contributed by atoms with E-state index in [1.54, 1.807) is 20.8 Å². The van der Waals surface area contributed by atoms with E-state index in [9.17, 15) is 13.5 Å². The lowest BCUT2D eigenvalue weighted by Gasteiger charge is -2.27. The summed E-state index contributed by atoms with van der Waals surface area (Å²) in [6.45, 7) is 6.23. The highest BCUT2D eigenvalue weighted by Crippen LogP contribution is 2.33. The molecule has 1 fully saturated rings. The second-order valence-electron chi connectivity index (χ2n) is 5.64. The lowest BCUT2D eigenvalue weighted by Crippen LogP contribution is -2.35. The third kappa shape index (κ3) is 2.96. The molecular weight excluding hydrogens is 228 g/mol.